The van der Waals surface area contributed by atoms with Crippen LogP contribution in [0.1, 0.15) is 91.4 Å². The predicted octanol–water partition coefficient (Wildman–Crippen LogP) is 7.39. The minimum Gasteiger partial charge on any atom is -0.368 e. The number of nitrogens with zero attached hydrogens (tertiary/aromatic N) is 3. The summed E-state index contributed by atoms with van der Waals surface area (Å²) in [6.45, 7) is 5.21. The van der Waals surface area contributed by atoms with Gasteiger partial charge in [0.2, 0.25) is 11.8 Å². The van der Waals surface area contributed by atoms with Crippen LogP contribution in [0.15, 0.2) is 47.0 Å². The van der Waals surface area contributed by atoms with E-state index in [0.29, 0.717) is 35.8 Å². The lowest BCUT2D eigenvalue weighted by Crippen LogP contribution is -2.43. The van der Waals surface area contributed by atoms with E-state index in [9.17, 15) is 35.5 Å². The number of benzene rings is 2. The van der Waals surface area contributed by atoms with Crippen LogP contribution in [0.25, 0.3) is 0 Å². The summed E-state index contributed by atoms with van der Waals surface area (Å²) in [5.74, 6) is -0.875. The summed E-state index contributed by atoms with van der Waals surface area (Å²) in [6.07, 6.45) is -11.5. The van der Waals surface area contributed by atoms with Gasteiger partial charge in [0.1, 0.15) is 5.82 Å². The molecule has 3 heterocycles. The van der Waals surface area contributed by atoms with E-state index < -0.39 is 59.4 Å². The lowest BCUT2D eigenvalue weighted by Gasteiger charge is -2.35. The van der Waals surface area contributed by atoms with Crippen molar-refractivity contribution in [2.45, 2.75) is 82.0 Å². The van der Waals surface area contributed by atoms with Gasteiger partial charge in [0.15, 0.2) is 5.82 Å². The third-order valence-corrected chi connectivity index (χ3v) is 7.90. The summed E-state index contributed by atoms with van der Waals surface area (Å²) >= 11 is 0. The molecule has 1 aromatic heterocycles. The van der Waals surface area contributed by atoms with Crippen molar-refractivity contribution in [3.8, 4) is 0 Å². The number of rotatable bonds is 6. The molecule has 0 saturated carbocycles. The number of amides is 1. The third-order valence-electron chi connectivity index (χ3n) is 7.90. The Labute approximate surface area is 236 Å². The van der Waals surface area contributed by atoms with Gasteiger partial charge in [0.05, 0.1) is 23.3 Å². The van der Waals surface area contributed by atoms with Crippen LogP contribution >= 0.6 is 0 Å². The van der Waals surface area contributed by atoms with E-state index in [1.807, 2.05) is 13.8 Å². The van der Waals surface area contributed by atoms with Gasteiger partial charge in [0.25, 0.3) is 0 Å². The molecule has 0 aliphatic carbocycles. The summed E-state index contributed by atoms with van der Waals surface area (Å²) in [4.78, 5) is 19.4. The van der Waals surface area contributed by atoms with Crippen LogP contribution in [0.5, 0.6) is 0 Å². The molecule has 2 saturated heterocycles. The van der Waals surface area contributed by atoms with E-state index >= 15 is 0 Å². The van der Waals surface area contributed by atoms with Gasteiger partial charge < -0.3 is 14.2 Å². The normalized spacial score (nSPS) is 23.9. The van der Waals surface area contributed by atoms with Crippen LogP contribution in [-0.4, -0.2) is 39.6 Å². The first-order valence-electron chi connectivity index (χ1n) is 13.4. The number of piperidine rings is 1. The van der Waals surface area contributed by atoms with Gasteiger partial charge >= 0.3 is 12.4 Å². The quantitative estimate of drug-likeness (QED) is 0.277. The van der Waals surface area contributed by atoms with E-state index in [0.717, 1.165) is 0 Å². The Morgan fingerprint density at radius 3 is 2.14 bits per heavy atom. The van der Waals surface area contributed by atoms with Crippen molar-refractivity contribution in [1.82, 2.24) is 15.0 Å². The van der Waals surface area contributed by atoms with Gasteiger partial charge in [-0.1, -0.05) is 31.1 Å². The van der Waals surface area contributed by atoms with Crippen molar-refractivity contribution < 1.29 is 44.8 Å². The molecular weight excluding hydrogens is 571 g/mol. The van der Waals surface area contributed by atoms with Crippen LogP contribution in [0.2, 0.25) is 0 Å². The number of ether oxygens (including phenoxy) is 1. The van der Waals surface area contributed by atoms with Crippen molar-refractivity contribution in [2.75, 3.05) is 6.54 Å². The molecule has 5 atom stereocenters. The maximum atomic E-state index is 13.8. The SMILES string of the molecule is CC(C)c1noc(C2CC(=O)N3C[C@H](O[C@H](C)c4cc(C(F)(F)F)cc(C(F)(F)F)c4)[C@@H](c4ccc(F)cc4)[C@@H]3C2)n1. The molecule has 0 bridgehead atoms. The number of alkyl halides is 6. The molecular formula is C29H28F7N3O3. The molecule has 0 N–H and O–H groups in total. The minimum absolute atomic E-state index is 0.00436. The monoisotopic (exact) mass is 599 g/mol. The second-order valence-corrected chi connectivity index (χ2v) is 11.1. The van der Waals surface area contributed by atoms with Gasteiger partial charge in [0, 0.05) is 36.8 Å². The van der Waals surface area contributed by atoms with E-state index in [4.69, 9.17) is 9.26 Å². The van der Waals surface area contributed by atoms with Crippen molar-refractivity contribution in [2.24, 2.45) is 0 Å². The molecule has 6 nitrogen and oxygen atoms in total. The van der Waals surface area contributed by atoms with Gasteiger partial charge in [-0.25, -0.2) is 4.39 Å². The predicted molar refractivity (Wildman–Crippen MR) is 135 cm³/mol. The molecule has 5 rings (SSSR count). The first-order chi connectivity index (χ1) is 19.6. The average Bonchev–Trinajstić information content (AvgIpc) is 3.54. The first-order valence-corrected chi connectivity index (χ1v) is 13.4. The van der Waals surface area contributed by atoms with Gasteiger partial charge in [-0.05, 0) is 54.8 Å². The second kappa shape index (κ2) is 11.0. The van der Waals surface area contributed by atoms with E-state index in [-0.39, 0.29) is 36.4 Å². The Kier molecular flexibility index (Phi) is 7.84. The summed E-state index contributed by atoms with van der Waals surface area (Å²) in [7, 11) is 0. The van der Waals surface area contributed by atoms with Crippen LogP contribution in [0, 0.1) is 5.82 Å². The Morgan fingerprint density at radius 1 is 0.976 bits per heavy atom. The highest BCUT2D eigenvalue weighted by molar-refractivity contribution is 5.79. The van der Waals surface area contributed by atoms with Crippen molar-refractivity contribution in [1.29, 1.82) is 0 Å². The molecule has 1 amide bonds. The highest BCUT2D eigenvalue weighted by Crippen LogP contribution is 2.46. The maximum absolute atomic E-state index is 13.8. The van der Waals surface area contributed by atoms with E-state index in [1.54, 1.807) is 4.90 Å². The van der Waals surface area contributed by atoms with Crippen LogP contribution in [0.3, 0.4) is 0 Å². The Morgan fingerprint density at radius 2 is 1.60 bits per heavy atom. The second-order valence-electron chi connectivity index (χ2n) is 11.1. The fourth-order valence-electron chi connectivity index (χ4n) is 5.79. The molecule has 0 radical (unpaired) electrons. The zero-order valence-electron chi connectivity index (χ0n) is 22.8. The Bertz CT molecular complexity index is 1400. The Balaban J connectivity index is 1.48. The molecule has 3 aromatic rings. The van der Waals surface area contributed by atoms with Crippen molar-refractivity contribution >= 4 is 5.91 Å². The highest BCUT2D eigenvalue weighted by atomic mass is 19.4. The van der Waals surface area contributed by atoms with Gasteiger partial charge in [-0.15, -0.1) is 0 Å². The van der Waals surface area contributed by atoms with E-state index in [2.05, 4.69) is 10.1 Å². The highest BCUT2D eigenvalue weighted by Gasteiger charge is 2.50. The number of carbonyl (C=O) groups is 1. The summed E-state index contributed by atoms with van der Waals surface area (Å²) in [6, 6.07) is 6.43. The molecule has 42 heavy (non-hydrogen) atoms. The van der Waals surface area contributed by atoms with Gasteiger partial charge in [-0.3, -0.25) is 4.79 Å². The summed E-state index contributed by atoms with van der Waals surface area (Å²) in [5, 5.41) is 3.99. The number of carbonyl (C=O) groups excluding carboxylic acids is 1. The molecule has 2 aromatic carbocycles. The zero-order chi connectivity index (χ0) is 30.6. The lowest BCUT2D eigenvalue weighted by molar-refractivity contribution is -0.143. The van der Waals surface area contributed by atoms with Crippen LogP contribution < -0.4 is 0 Å². The minimum atomic E-state index is -5.01. The molecule has 2 aliphatic rings. The molecule has 2 aliphatic heterocycles. The van der Waals surface area contributed by atoms with Crippen molar-refractivity contribution in [3.63, 3.8) is 0 Å². The summed E-state index contributed by atoms with van der Waals surface area (Å²) < 4.78 is 106. The number of aromatic nitrogens is 2. The lowest BCUT2D eigenvalue weighted by atomic mass is 9.81. The standard InChI is InChI=1S/C29H28F7N3O3/c1-14(2)26-37-27(42-38-26)18-10-22-25(16-4-6-21(30)7-5-16)23(13-39(22)24(40)11-18)41-15(3)17-8-19(28(31,32)33)12-20(9-17)29(34,35)36/h4-9,12,14-15,18,22-23,25H,10-11,13H2,1-3H3/t15-,18?,22+,23+,25+/m1/s1. The van der Waals surface area contributed by atoms with E-state index in [1.165, 1.54) is 31.2 Å². The fourth-order valence-corrected chi connectivity index (χ4v) is 5.79. The largest absolute Gasteiger partial charge is 0.416 e. The van der Waals surface area contributed by atoms with Gasteiger partial charge in [-0.2, -0.15) is 31.3 Å². The molecule has 1 unspecified atom stereocenters. The topological polar surface area (TPSA) is 68.5 Å². The zero-order valence-corrected chi connectivity index (χ0v) is 22.8. The fraction of sp³-hybridized carbons (Fsp3) is 0.483. The molecule has 0 spiro atoms. The van der Waals surface area contributed by atoms with Crippen molar-refractivity contribution in [3.05, 3.63) is 82.3 Å². The molecule has 13 heteroatoms. The number of hydrogen-bond acceptors (Lipinski definition) is 5. The first kappa shape index (κ1) is 30.0. The third kappa shape index (κ3) is 6.02. The maximum Gasteiger partial charge on any atom is 0.416 e. The number of hydrogen-bond donors (Lipinski definition) is 0. The van der Waals surface area contributed by atoms with Crippen LogP contribution in [0.4, 0.5) is 30.7 Å². The smallest absolute Gasteiger partial charge is 0.368 e. The molecule has 226 valence electrons. The number of fused-ring (bicyclic) bond motifs is 1. The average molecular weight is 600 g/mol. The van der Waals surface area contributed by atoms with Crippen LogP contribution in [-0.2, 0) is 21.9 Å². The molecule has 2 fully saturated rings. The summed E-state index contributed by atoms with van der Waals surface area (Å²) in [5.41, 5.74) is -2.58. The Hall–Kier alpha value is -3.48. The number of halogens is 7.